The highest BCUT2D eigenvalue weighted by Gasteiger charge is 2.37. The van der Waals surface area contributed by atoms with Gasteiger partial charge in [-0.2, -0.15) is 0 Å². The summed E-state index contributed by atoms with van der Waals surface area (Å²) in [6.07, 6.45) is 1.70. The summed E-state index contributed by atoms with van der Waals surface area (Å²) in [6.45, 7) is 13.7. The molecular formula is C29H35NO4SSi. The summed E-state index contributed by atoms with van der Waals surface area (Å²) in [5.74, 6) is 0.613. The molecule has 0 aliphatic heterocycles. The lowest BCUT2D eigenvalue weighted by Crippen LogP contribution is -2.40. The molecule has 4 rings (SSSR count). The number of fused-ring (bicyclic) bond motifs is 1. The fraction of sp³-hybridized carbons (Fsp3) is 0.310. The molecular weight excluding hydrogens is 486 g/mol. The van der Waals surface area contributed by atoms with Crippen molar-refractivity contribution in [2.75, 3.05) is 0 Å². The molecule has 1 heterocycles. The summed E-state index contributed by atoms with van der Waals surface area (Å²) in [7, 11) is -5.84. The van der Waals surface area contributed by atoms with Crippen molar-refractivity contribution in [1.29, 1.82) is 0 Å². The second-order valence-electron chi connectivity index (χ2n) is 10.8. The van der Waals surface area contributed by atoms with E-state index in [9.17, 15) is 8.42 Å². The lowest BCUT2D eigenvalue weighted by molar-refractivity contribution is 0.277. The number of rotatable bonds is 8. The second kappa shape index (κ2) is 9.88. The van der Waals surface area contributed by atoms with E-state index in [0.29, 0.717) is 24.5 Å². The average Bonchev–Trinajstić information content (AvgIpc) is 3.20. The minimum atomic E-state index is -3.81. The molecule has 3 aromatic carbocycles. The Morgan fingerprint density at radius 3 is 2.19 bits per heavy atom. The first-order valence-electron chi connectivity index (χ1n) is 12.2. The van der Waals surface area contributed by atoms with Gasteiger partial charge in [0, 0.05) is 23.2 Å². The largest absolute Gasteiger partial charge is 0.489 e. The topological polar surface area (TPSA) is 57.5 Å². The van der Waals surface area contributed by atoms with Crippen LogP contribution in [-0.2, 0) is 27.7 Å². The number of hydrogen-bond donors (Lipinski definition) is 0. The molecule has 0 aliphatic rings. The molecule has 0 N–H and O–H groups in total. The predicted octanol–water partition coefficient (Wildman–Crippen LogP) is 7.29. The van der Waals surface area contributed by atoms with E-state index in [1.165, 1.54) is 3.97 Å². The van der Waals surface area contributed by atoms with E-state index in [4.69, 9.17) is 9.16 Å². The van der Waals surface area contributed by atoms with E-state index >= 15 is 0 Å². The van der Waals surface area contributed by atoms with Crippen LogP contribution in [0.25, 0.3) is 10.9 Å². The van der Waals surface area contributed by atoms with Crippen molar-refractivity contribution in [2.45, 2.75) is 63.9 Å². The van der Waals surface area contributed by atoms with Crippen molar-refractivity contribution in [2.24, 2.45) is 0 Å². The van der Waals surface area contributed by atoms with Gasteiger partial charge in [-0.1, -0.05) is 68.8 Å². The molecule has 5 nitrogen and oxygen atoms in total. The summed E-state index contributed by atoms with van der Waals surface area (Å²) in [6, 6.07) is 22.5. The highest BCUT2D eigenvalue weighted by atomic mass is 32.2. The third kappa shape index (κ3) is 5.43. The zero-order chi connectivity index (χ0) is 26.1. The maximum atomic E-state index is 13.7. The van der Waals surface area contributed by atoms with E-state index < -0.39 is 18.3 Å². The standard InChI is InChI=1S/C29H35NO4SSi/c1-22-12-15-26(16-13-22)35(31,32)30-19-24(21-34-36(5,6)29(2,3)4)27-17-14-25(18-28(27)30)33-20-23-10-8-7-9-11-23/h7-19H,20-21H2,1-6H3. The summed E-state index contributed by atoms with van der Waals surface area (Å²) in [5.41, 5.74) is 3.48. The lowest BCUT2D eigenvalue weighted by atomic mass is 10.2. The van der Waals surface area contributed by atoms with Crippen LogP contribution in [0.4, 0.5) is 0 Å². The molecule has 0 aliphatic carbocycles. The minimum absolute atomic E-state index is 0.0534. The summed E-state index contributed by atoms with van der Waals surface area (Å²) < 4.78 is 41.3. The van der Waals surface area contributed by atoms with Gasteiger partial charge in [0.05, 0.1) is 17.0 Å². The van der Waals surface area contributed by atoms with Crippen LogP contribution in [0, 0.1) is 6.92 Å². The van der Waals surface area contributed by atoms with Crippen LogP contribution in [0.15, 0.2) is 83.9 Å². The van der Waals surface area contributed by atoms with Crippen molar-refractivity contribution in [3.05, 3.63) is 95.7 Å². The van der Waals surface area contributed by atoms with Crippen molar-refractivity contribution < 1.29 is 17.6 Å². The summed E-state index contributed by atoms with van der Waals surface area (Å²) in [4.78, 5) is 0.248. The number of benzene rings is 3. The van der Waals surface area contributed by atoms with Crippen LogP contribution in [-0.4, -0.2) is 20.7 Å². The first-order valence-corrected chi connectivity index (χ1v) is 16.5. The first-order chi connectivity index (χ1) is 16.9. The Hall–Kier alpha value is -2.87. The van der Waals surface area contributed by atoms with E-state index in [-0.39, 0.29) is 9.93 Å². The Morgan fingerprint density at radius 1 is 0.889 bits per heavy atom. The van der Waals surface area contributed by atoms with Crippen LogP contribution >= 0.6 is 0 Å². The molecule has 36 heavy (non-hydrogen) atoms. The van der Waals surface area contributed by atoms with E-state index in [2.05, 4.69) is 33.9 Å². The molecule has 0 amide bonds. The normalized spacial score (nSPS) is 12.7. The van der Waals surface area contributed by atoms with Crippen molar-refractivity contribution in [3.63, 3.8) is 0 Å². The SMILES string of the molecule is Cc1ccc(S(=O)(=O)n2cc(CO[Si](C)(C)C(C)(C)C)c3ccc(OCc4ccccc4)cc32)cc1. The van der Waals surface area contributed by atoms with Gasteiger partial charge >= 0.3 is 0 Å². The van der Waals surface area contributed by atoms with Gasteiger partial charge < -0.3 is 9.16 Å². The van der Waals surface area contributed by atoms with Gasteiger partial charge in [0.25, 0.3) is 10.0 Å². The van der Waals surface area contributed by atoms with Crippen LogP contribution in [0.2, 0.25) is 18.1 Å². The van der Waals surface area contributed by atoms with Crippen molar-refractivity contribution in [3.8, 4) is 5.75 Å². The maximum Gasteiger partial charge on any atom is 0.268 e. The number of hydrogen-bond acceptors (Lipinski definition) is 4. The fourth-order valence-electron chi connectivity index (χ4n) is 3.69. The Kier molecular flexibility index (Phi) is 7.19. The average molecular weight is 522 g/mol. The number of ether oxygens (including phenoxy) is 1. The number of aromatic nitrogens is 1. The monoisotopic (exact) mass is 521 g/mol. The fourth-order valence-corrected chi connectivity index (χ4v) is 6.02. The van der Waals surface area contributed by atoms with Gasteiger partial charge in [-0.25, -0.2) is 12.4 Å². The van der Waals surface area contributed by atoms with Crippen LogP contribution < -0.4 is 4.74 Å². The van der Waals surface area contributed by atoms with Gasteiger partial charge in [0.1, 0.15) is 12.4 Å². The van der Waals surface area contributed by atoms with Crippen molar-refractivity contribution >= 4 is 29.2 Å². The van der Waals surface area contributed by atoms with Gasteiger partial charge in [-0.05, 0) is 54.9 Å². The lowest BCUT2D eigenvalue weighted by Gasteiger charge is -2.36. The Balaban J connectivity index is 1.75. The minimum Gasteiger partial charge on any atom is -0.489 e. The number of aryl methyl sites for hydroxylation is 1. The number of nitrogens with zero attached hydrogens (tertiary/aromatic N) is 1. The van der Waals surface area contributed by atoms with Crippen LogP contribution in [0.5, 0.6) is 5.75 Å². The molecule has 0 spiro atoms. The van der Waals surface area contributed by atoms with E-state index in [0.717, 1.165) is 22.1 Å². The molecule has 190 valence electrons. The van der Waals surface area contributed by atoms with Gasteiger partial charge in [-0.3, -0.25) is 0 Å². The Labute approximate surface area is 215 Å². The third-order valence-electron chi connectivity index (χ3n) is 7.05. The molecule has 0 bridgehead atoms. The maximum absolute atomic E-state index is 13.7. The predicted molar refractivity (Wildman–Crippen MR) is 148 cm³/mol. The molecule has 0 saturated carbocycles. The molecule has 0 saturated heterocycles. The van der Waals surface area contributed by atoms with E-state index in [1.54, 1.807) is 24.4 Å². The second-order valence-corrected chi connectivity index (χ2v) is 17.4. The van der Waals surface area contributed by atoms with Gasteiger partial charge in [-0.15, -0.1) is 0 Å². The van der Waals surface area contributed by atoms with Crippen molar-refractivity contribution in [1.82, 2.24) is 3.97 Å². The first kappa shape index (κ1) is 26.2. The molecule has 0 atom stereocenters. The Morgan fingerprint density at radius 2 is 1.56 bits per heavy atom. The zero-order valence-corrected chi connectivity index (χ0v) is 23.7. The summed E-state index contributed by atoms with van der Waals surface area (Å²) in [5, 5.41) is 0.897. The molecule has 0 unspecified atom stereocenters. The van der Waals surface area contributed by atoms with Gasteiger partial charge in [0.15, 0.2) is 8.32 Å². The smallest absolute Gasteiger partial charge is 0.268 e. The summed E-state index contributed by atoms with van der Waals surface area (Å²) >= 11 is 0. The Bertz CT molecular complexity index is 1450. The molecule has 7 heteroatoms. The highest BCUT2D eigenvalue weighted by Crippen LogP contribution is 2.38. The zero-order valence-electron chi connectivity index (χ0n) is 21.9. The molecule has 0 radical (unpaired) electrons. The molecule has 1 aromatic heterocycles. The van der Waals surface area contributed by atoms with E-state index in [1.807, 2.05) is 61.5 Å². The molecule has 4 aromatic rings. The highest BCUT2D eigenvalue weighted by molar-refractivity contribution is 7.90. The third-order valence-corrected chi connectivity index (χ3v) is 13.2. The molecule has 0 fully saturated rings. The van der Waals surface area contributed by atoms with Gasteiger partial charge in [0.2, 0.25) is 0 Å². The van der Waals surface area contributed by atoms with Crippen LogP contribution in [0.1, 0.15) is 37.5 Å². The quantitative estimate of drug-likeness (QED) is 0.229. The van der Waals surface area contributed by atoms with Crippen LogP contribution in [0.3, 0.4) is 0 Å².